The molecule has 1 aliphatic rings. The van der Waals surface area contributed by atoms with Gasteiger partial charge in [0.15, 0.2) is 6.29 Å². The number of hydrogen-bond donors (Lipinski definition) is 1. The van der Waals surface area contributed by atoms with E-state index in [-0.39, 0.29) is 18.1 Å². The number of aryl methyl sites for hydroxylation is 1. The van der Waals surface area contributed by atoms with E-state index in [2.05, 4.69) is 5.32 Å². The van der Waals surface area contributed by atoms with Crippen LogP contribution in [0.1, 0.15) is 23.6 Å². The molecule has 1 N–H and O–H groups in total. The second-order valence-electron chi connectivity index (χ2n) is 10.1. The van der Waals surface area contributed by atoms with Gasteiger partial charge in [0.1, 0.15) is 24.4 Å². The van der Waals surface area contributed by atoms with Crippen LogP contribution in [-0.2, 0) is 60.8 Å². The summed E-state index contributed by atoms with van der Waals surface area (Å²) in [4.78, 5) is 12.2. The van der Waals surface area contributed by atoms with Crippen molar-refractivity contribution < 1.29 is 44.2 Å². The Labute approximate surface area is 252 Å². The fourth-order valence-electron chi connectivity index (χ4n) is 4.53. The SMILES string of the molecule is CC(=O)N[C@H]1[C@@H](OCc2ccccc2)O[C@H](COS(=O)(=O)c2ccc(C)cc2)[C@@H](OS(C)(=O)=O)[C@@H]1OCc1ccccc1. The van der Waals surface area contributed by atoms with Gasteiger partial charge < -0.3 is 19.5 Å². The van der Waals surface area contributed by atoms with Gasteiger partial charge in [-0.1, -0.05) is 78.4 Å². The predicted molar refractivity (Wildman–Crippen MR) is 157 cm³/mol. The summed E-state index contributed by atoms with van der Waals surface area (Å²) in [7, 11) is -8.38. The molecule has 1 fully saturated rings. The summed E-state index contributed by atoms with van der Waals surface area (Å²) in [6.45, 7) is 2.57. The van der Waals surface area contributed by atoms with E-state index in [0.717, 1.165) is 22.9 Å². The van der Waals surface area contributed by atoms with E-state index >= 15 is 0 Å². The van der Waals surface area contributed by atoms with E-state index < -0.39 is 63.4 Å². The standard InChI is InChI=1S/C30H35NO10S2/c1-21-14-16-25(17-15-21)43(35,36)39-20-26-28(41-42(3,33)34)29(37-18-23-10-6-4-7-11-23)27(31-22(2)32)30(40-26)38-19-24-12-8-5-9-13-24/h4-17,26-30H,18-20H2,1-3H3,(H,31,32)/t26-,27-,28-,29-,30+/m1/s1. The number of hydrogen-bond acceptors (Lipinski definition) is 10. The van der Waals surface area contributed by atoms with Crippen LogP contribution < -0.4 is 5.32 Å². The smallest absolute Gasteiger partial charge is 0.297 e. The van der Waals surface area contributed by atoms with Gasteiger partial charge in [-0.2, -0.15) is 16.8 Å². The molecule has 0 unspecified atom stereocenters. The Hall–Kier alpha value is -3.17. The van der Waals surface area contributed by atoms with Crippen molar-refractivity contribution in [2.75, 3.05) is 12.9 Å². The summed E-state index contributed by atoms with van der Waals surface area (Å²) in [5.41, 5.74) is 2.43. The van der Waals surface area contributed by atoms with E-state index in [1.165, 1.54) is 19.1 Å². The largest absolute Gasteiger partial charge is 0.368 e. The summed E-state index contributed by atoms with van der Waals surface area (Å²) in [6, 6.07) is 23.3. The maximum atomic E-state index is 13.0. The molecule has 3 aromatic rings. The van der Waals surface area contributed by atoms with Crippen LogP contribution >= 0.6 is 0 Å². The topological polar surface area (TPSA) is 144 Å². The van der Waals surface area contributed by atoms with E-state index in [0.29, 0.717) is 0 Å². The Morgan fingerprint density at radius 1 is 0.814 bits per heavy atom. The molecule has 1 amide bonds. The molecule has 5 atom stereocenters. The lowest BCUT2D eigenvalue weighted by Gasteiger charge is -2.45. The van der Waals surface area contributed by atoms with Gasteiger partial charge in [-0.25, -0.2) is 0 Å². The zero-order chi connectivity index (χ0) is 31.0. The summed E-state index contributed by atoms with van der Waals surface area (Å²) in [5.74, 6) is -0.454. The number of carbonyl (C=O) groups is 1. The lowest BCUT2D eigenvalue weighted by Crippen LogP contribution is -2.66. The minimum atomic E-state index is -4.26. The lowest BCUT2D eigenvalue weighted by atomic mass is 9.96. The molecule has 0 saturated carbocycles. The normalized spacial score (nSPS) is 22.6. The number of ether oxygens (including phenoxy) is 3. The van der Waals surface area contributed by atoms with Crippen molar-refractivity contribution in [3.05, 3.63) is 102 Å². The van der Waals surface area contributed by atoms with Gasteiger partial charge in [0.05, 0.1) is 31.0 Å². The van der Waals surface area contributed by atoms with Gasteiger partial charge in [0, 0.05) is 6.92 Å². The summed E-state index contributed by atoms with van der Waals surface area (Å²) < 4.78 is 80.1. The number of nitrogens with one attached hydrogen (secondary N) is 1. The fourth-order valence-corrected chi connectivity index (χ4v) is 6.09. The molecular weight excluding hydrogens is 598 g/mol. The van der Waals surface area contributed by atoms with Crippen LogP contribution in [0.5, 0.6) is 0 Å². The van der Waals surface area contributed by atoms with Crippen molar-refractivity contribution in [3.8, 4) is 0 Å². The second kappa shape index (κ2) is 14.5. The van der Waals surface area contributed by atoms with Crippen LogP contribution in [0.4, 0.5) is 0 Å². The van der Waals surface area contributed by atoms with Crippen molar-refractivity contribution in [2.24, 2.45) is 0 Å². The summed E-state index contributed by atoms with van der Waals surface area (Å²) in [5, 5.41) is 2.75. The van der Waals surface area contributed by atoms with Crippen LogP contribution in [0, 0.1) is 6.92 Å². The molecule has 232 valence electrons. The Kier molecular flexibility index (Phi) is 11.1. The van der Waals surface area contributed by atoms with Gasteiger partial charge in [-0.3, -0.25) is 13.2 Å². The Morgan fingerprint density at radius 2 is 1.37 bits per heavy atom. The number of rotatable bonds is 13. The maximum Gasteiger partial charge on any atom is 0.297 e. The van der Waals surface area contributed by atoms with Crippen molar-refractivity contribution in [3.63, 3.8) is 0 Å². The van der Waals surface area contributed by atoms with E-state index in [1.807, 2.05) is 67.6 Å². The van der Waals surface area contributed by atoms with Crippen LogP contribution in [-0.4, -0.2) is 66.2 Å². The number of benzene rings is 3. The zero-order valence-electron chi connectivity index (χ0n) is 24.0. The van der Waals surface area contributed by atoms with Gasteiger partial charge in [-0.15, -0.1) is 0 Å². The van der Waals surface area contributed by atoms with Crippen molar-refractivity contribution in [2.45, 2.75) is 62.6 Å². The first-order chi connectivity index (χ1) is 20.4. The minimum Gasteiger partial charge on any atom is -0.368 e. The molecule has 4 rings (SSSR count). The second-order valence-corrected chi connectivity index (χ2v) is 13.4. The molecule has 0 bridgehead atoms. The molecule has 1 heterocycles. The molecule has 43 heavy (non-hydrogen) atoms. The molecule has 11 nitrogen and oxygen atoms in total. The Balaban J connectivity index is 1.68. The fraction of sp³-hybridized carbons (Fsp3) is 0.367. The molecule has 0 radical (unpaired) electrons. The van der Waals surface area contributed by atoms with E-state index in [1.54, 1.807) is 12.1 Å². The first-order valence-electron chi connectivity index (χ1n) is 13.5. The molecule has 13 heteroatoms. The first kappa shape index (κ1) is 32.7. The predicted octanol–water partition coefficient (Wildman–Crippen LogP) is 3.08. The molecule has 3 aromatic carbocycles. The average Bonchev–Trinajstić information content (AvgIpc) is 2.96. The quantitative estimate of drug-likeness (QED) is 0.279. The molecule has 1 saturated heterocycles. The maximum absolute atomic E-state index is 13.0. The highest BCUT2D eigenvalue weighted by molar-refractivity contribution is 7.86. The van der Waals surface area contributed by atoms with Gasteiger partial charge in [0.25, 0.3) is 20.2 Å². The van der Waals surface area contributed by atoms with Gasteiger partial charge >= 0.3 is 0 Å². The third kappa shape index (κ3) is 9.66. The van der Waals surface area contributed by atoms with Crippen LogP contribution in [0.3, 0.4) is 0 Å². The highest BCUT2D eigenvalue weighted by Crippen LogP contribution is 2.30. The van der Waals surface area contributed by atoms with Crippen LogP contribution in [0.25, 0.3) is 0 Å². The lowest BCUT2D eigenvalue weighted by molar-refractivity contribution is -0.275. The number of carbonyl (C=O) groups excluding carboxylic acids is 1. The van der Waals surface area contributed by atoms with Gasteiger partial charge in [-0.05, 0) is 30.2 Å². The van der Waals surface area contributed by atoms with Crippen molar-refractivity contribution in [1.82, 2.24) is 5.32 Å². The van der Waals surface area contributed by atoms with Crippen LogP contribution in [0.2, 0.25) is 0 Å². The molecule has 0 aromatic heterocycles. The van der Waals surface area contributed by atoms with Crippen LogP contribution in [0.15, 0.2) is 89.8 Å². The summed E-state index contributed by atoms with van der Waals surface area (Å²) in [6.07, 6.45) is -4.22. The third-order valence-corrected chi connectivity index (χ3v) is 8.41. The van der Waals surface area contributed by atoms with E-state index in [4.69, 9.17) is 22.6 Å². The first-order valence-corrected chi connectivity index (χ1v) is 16.7. The van der Waals surface area contributed by atoms with Crippen molar-refractivity contribution >= 4 is 26.1 Å². The highest BCUT2D eigenvalue weighted by atomic mass is 32.2. The molecule has 1 aliphatic heterocycles. The van der Waals surface area contributed by atoms with E-state index in [9.17, 15) is 21.6 Å². The average molecular weight is 634 g/mol. The minimum absolute atomic E-state index is 0.0197. The Morgan fingerprint density at radius 3 is 1.91 bits per heavy atom. The molecule has 0 spiro atoms. The number of amides is 1. The summed E-state index contributed by atoms with van der Waals surface area (Å²) >= 11 is 0. The molecule has 0 aliphatic carbocycles. The zero-order valence-corrected chi connectivity index (χ0v) is 25.6. The van der Waals surface area contributed by atoms with Crippen molar-refractivity contribution in [1.29, 1.82) is 0 Å². The monoisotopic (exact) mass is 633 g/mol. The third-order valence-electron chi connectivity index (χ3n) is 6.54. The Bertz CT molecular complexity index is 1550. The molecular formula is C30H35NO10S2. The van der Waals surface area contributed by atoms with Gasteiger partial charge in [0.2, 0.25) is 5.91 Å². The highest BCUT2D eigenvalue weighted by Gasteiger charge is 2.50.